The predicted octanol–water partition coefficient (Wildman–Crippen LogP) is -0.479. The van der Waals surface area contributed by atoms with Gasteiger partial charge in [-0.1, -0.05) is 26.0 Å². The maximum Gasteiger partial charge on any atom is 0.326 e. The van der Waals surface area contributed by atoms with Gasteiger partial charge < -0.3 is 36.2 Å². The summed E-state index contributed by atoms with van der Waals surface area (Å²) < 4.78 is 0. The maximum absolute atomic E-state index is 13.3. The lowest BCUT2D eigenvalue weighted by Gasteiger charge is -2.32. The van der Waals surface area contributed by atoms with E-state index in [9.17, 15) is 39.3 Å². The molecule has 1 heterocycles. The van der Waals surface area contributed by atoms with Crippen molar-refractivity contribution in [2.75, 3.05) is 6.54 Å². The summed E-state index contributed by atoms with van der Waals surface area (Å²) in [6, 6.07) is 1.36. The first-order chi connectivity index (χ1) is 17.3. The average molecular weight is 521 g/mol. The monoisotopic (exact) mass is 520 g/mol. The van der Waals surface area contributed by atoms with Gasteiger partial charge in [0.25, 0.3) is 0 Å². The lowest BCUT2D eigenvalue weighted by Crippen LogP contribution is -2.60. The van der Waals surface area contributed by atoms with Gasteiger partial charge in [-0.3, -0.25) is 19.2 Å². The highest BCUT2D eigenvalue weighted by Gasteiger charge is 2.41. The number of aliphatic hydroxyl groups is 1. The van der Waals surface area contributed by atoms with Crippen molar-refractivity contribution in [2.24, 2.45) is 5.92 Å². The Kier molecular flexibility index (Phi) is 10.4. The van der Waals surface area contributed by atoms with E-state index in [1.165, 1.54) is 30.9 Å². The fourth-order valence-electron chi connectivity index (χ4n) is 4.20. The number of hydrogen-bond acceptors (Lipinski definition) is 7. The molecule has 0 bridgehead atoms. The minimum absolute atomic E-state index is 0.0244. The van der Waals surface area contributed by atoms with Crippen molar-refractivity contribution in [1.82, 2.24) is 20.9 Å². The van der Waals surface area contributed by atoms with Crippen LogP contribution in [-0.4, -0.2) is 86.6 Å². The lowest BCUT2D eigenvalue weighted by atomic mass is 10.0. The number of benzene rings is 1. The number of amides is 4. The van der Waals surface area contributed by atoms with Crippen molar-refractivity contribution in [3.05, 3.63) is 29.8 Å². The van der Waals surface area contributed by atoms with Gasteiger partial charge in [-0.25, -0.2) is 4.79 Å². The van der Waals surface area contributed by atoms with Gasteiger partial charge in [0.2, 0.25) is 23.6 Å². The Balaban J connectivity index is 2.15. The molecule has 5 atom stereocenters. The first-order valence-corrected chi connectivity index (χ1v) is 12.2. The van der Waals surface area contributed by atoms with Crippen molar-refractivity contribution in [3.8, 4) is 5.75 Å². The second kappa shape index (κ2) is 13.0. The zero-order chi connectivity index (χ0) is 27.9. The minimum Gasteiger partial charge on any atom is -0.508 e. The number of nitrogens with zero attached hydrogens (tertiary/aromatic N) is 1. The molecule has 0 unspecified atom stereocenters. The lowest BCUT2D eigenvalue weighted by molar-refractivity contribution is -0.146. The molecule has 0 aromatic heterocycles. The molecule has 1 saturated heterocycles. The molecule has 0 saturated carbocycles. The quantitative estimate of drug-likeness (QED) is 0.226. The highest BCUT2D eigenvalue weighted by atomic mass is 16.4. The molecule has 0 spiro atoms. The highest BCUT2D eigenvalue weighted by molar-refractivity contribution is 5.95. The molecule has 2 rings (SSSR count). The van der Waals surface area contributed by atoms with Crippen LogP contribution < -0.4 is 16.0 Å². The van der Waals surface area contributed by atoms with Gasteiger partial charge in [-0.15, -0.1) is 0 Å². The van der Waals surface area contributed by atoms with Crippen molar-refractivity contribution in [3.63, 3.8) is 0 Å². The molecule has 1 fully saturated rings. The van der Waals surface area contributed by atoms with Gasteiger partial charge in [0.15, 0.2) is 0 Å². The Hall–Kier alpha value is -3.67. The Labute approximate surface area is 215 Å². The summed E-state index contributed by atoms with van der Waals surface area (Å²) in [7, 11) is 0. The molecule has 1 aliphatic heterocycles. The molecular weight excluding hydrogens is 484 g/mol. The third-order valence-electron chi connectivity index (χ3n) is 6.18. The zero-order valence-corrected chi connectivity index (χ0v) is 21.4. The zero-order valence-electron chi connectivity index (χ0n) is 21.4. The second-order valence-electron chi connectivity index (χ2n) is 9.61. The van der Waals surface area contributed by atoms with E-state index in [0.717, 1.165) is 0 Å². The van der Waals surface area contributed by atoms with E-state index in [4.69, 9.17) is 0 Å². The summed E-state index contributed by atoms with van der Waals surface area (Å²) in [5.41, 5.74) is 0.584. The number of aliphatic carboxylic acids is 1. The van der Waals surface area contributed by atoms with Crippen LogP contribution in [0.2, 0.25) is 0 Å². The van der Waals surface area contributed by atoms with Gasteiger partial charge in [-0.05, 0) is 43.4 Å². The van der Waals surface area contributed by atoms with Crippen molar-refractivity contribution < 1.29 is 39.3 Å². The fraction of sp³-hybridized carbons (Fsp3) is 0.560. The molecule has 0 aliphatic carbocycles. The number of carboxylic acids is 1. The third-order valence-corrected chi connectivity index (χ3v) is 6.18. The number of phenolic OH excluding ortho intramolecular Hbond substituents is 1. The SMILES string of the molecule is CC(=O)N[C@H](C(=O)N[C@H](C(=O)N1CCC[C@H]1C(=O)N[C@@H](Cc1ccc(O)cc1)C(=O)O)[C@@H](C)O)C(C)C. The van der Waals surface area contributed by atoms with Gasteiger partial charge in [0, 0.05) is 19.9 Å². The number of carbonyl (C=O) groups excluding carboxylic acids is 4. The van der Waals surface area contributed by atoms with E-state index in [0.29, 0.717) is 12.0 Å². The van der Waals surface area contributed by atoms with Crippen LogP contribution >= 0.6 is 0 Å². The summed E-state index contributed by atoms with van der Waals surface area (Å²) >= 11 is 0. The van der Waals surface area contributed by atoms with E-state index in [2.05, 4.69) is 16.0 Å². The smallest absolute Gasteiger partial charge is 0.326 e. The Morgan fingerprint density at radius 1 is 1.00 bits per heavy atom. The average Bonchev–Trinajstić information content (AvgIpc) is 3.31. The second-order valence-corrected chi connectivity index (χ2v) is 9.61. The molecule has 1 aromatic rings. The summed E-state index contributed by atoms with van der Waals surface area (Å²) in [5.74, 6) is -3.95. The molecule has 1 aliphatic rings. The van der Waals surface area contributed by atoms with Crippen LogP contribution in [0.1, 0.15) is 46.1 Å². The molecule has 1 aromatic carbocycles. The fourth-order valence-corrected chi connectivity index (χ4v) is 4.20. The number of aromatic hydroxyl groups is 1. The van der Waals surface area contributed by atoms with E-state index >= 15 is 0 Å². The molecule has 12 heteroatoms. The van der Waals surface area contributed by atoms with Crippen LogP contribution in [0, 0.1) is 5.92 Å². The normalized spacial score (nSPS) is 18.4. The first-order valence-electron chi connectivity index (χ1n) is 12.2. The molecule has 204 valence electrons. The molecule has 4 amide bonds. The van der Waals surface area contributed by atoms with Gasteiger partial charge in [0.1, 0.15) is 29.9 Å². The topological polar surface area (TPSA) is 185 Å². The van der Waals surface area contributed by atoms with Crippen LogP contribution in [0.15, 0.2) is 24.3 Å². The van der Waals surface area contributed by atoms with Crippen LogP contribution in [0.5, 0.6) is 5.75 Å². The molecular formula is C25H36N4O8. The van der Waals surface area contributed by atoms with Crippen LogP contribution in [0.3, 0.4) is 0 Å². The van der Waals surface area contributed by atoms with Crippen molar-refractivity contribution in [1.29, 1.82) is 0 Å². The van der Waals surface area contributed by atoms with Crippen molar-refractivity contribution in [2.45, 2.75) is 77.2 Å². The van der Waals surface area contributed by atoms with E-state index in [-0.39, 0.29) is 31.1 Å². The van der Waals surface area contributed by atoms with Crippen LogP contribution in [-0.2, 0) is 30.4 Å². The highest BCUT2D eigenvalue weighted by Crippen LogP contribution is 2.20. The number of hydrogen-bond donors (Lipinski definition) is 6. The van der Waals surface area contributed by atoms with Crippen LogP contribution in [0.4, 0.5) is 0 Å². The van der Waals surface area contributed by atoms with Crippen molar-refractivity contribution >= 4 is 29.6 Å². The number of carboxylic acid groups (broad SMARTS) is 1. The number of rotatable bonds is 11. The molecule has 37 heavy (non-hydrogen) atoms. The molecule has 0 radical (unpaired) electrons. The summed E-state index contributed by atoms with van der Waals surface area (Å²) in [5, 5.41) is 36.8. The molecule has 12 nitrogen and oxygen atoms in total. The number of phenols is 1. The Morgan fingerprint density at radius 2 is 1.62 bits per heavy atom. The maximum atomic E-state index is 13.3. The van der Waals surface area contributed by atoms with Gasteiger partial charge in [-0.2, -0.15) is 0 Å². The Morgan fingerprint density at radius 3 is 2.14 bits per heavy atom. The predicted molar refractivity (Wildman–Crippen MR) is 132 cm³/mol. The number of nitrogens with one attached hydrogen (secondary N) is 3. The van der Waals surface area contributed by atoms with Crippen LogP contribution in [0.25, 0.3) is 0 Å². The summed E-state index contributed by atoms with van der Waals surface area (Å²) in [6.45, 7) is 6.22. The summed E-state index contributed by atoms with van der Waals surface area (Å²) in [4.78, 5) is 63.7. The summed E-state index contributed by atoms with van der Waals surface area (Å²) in [6.07, 6.45) is -0.578. The number of aliphatic hydroxyl groups excluding tert-OH is 1. The first kappa shape index (κ1) is 29.6. The third kappa shape index (κ3) is 8.17. The van der Waals surface area contributed by atoms with E-state index in [1.54, 1.807) is 26.0 Å². The standard InChI is InChI=1S/C25H36N4O8/c1-13(2)20(26-15(4)31)23(34)28-21(14(3)30)24(35)29-11-5-6-19(29)22(33)27-18(25(36)37)12-16-7-9-17(32)10-8-16/h7-10,13-14,18-21,30,32H,5-6,11-12H2,1-4H3,(H,26,31)(H,27,33)(H,28,34)(H,36,37)/t14-,18+,19+,20+,21+/m1/s1. The van der Waals surface area contributed by atoms with E-state index < -0.39 is 59.9 Å². The van der Waals surface area contributed by atoms with Gasteiger partial charge in [0.05, 0.1) is 6.10 Å². The number of likely N-dealkylation sites (tertiary alicyclic amines) is 1. The largest absolute Gasteiger partial charge is 0.508 e. The van der Waals surface area contributed by atoms with Gasteiger partial charge >= 0.3 is 5.97 Å². The molecule has 6 N–H and O–H groups in total. The van der Waals surface area contributed by atoms with E-state index in [1.807, 2.05) is 0 Å². The Bertz CT molecular complexity index is 995. The minimum atomic E-state index is -1.37. The number of carbonyl (C=O) groups is 5.